The van der Waals surface area contributed by atoms with E-state index in [0.717, 1.165) is 7.11 Å². The molecule has 0 fully saturated rings. The first kappa shape index (κ1) is 16.1. The predicted molar refractivity (Wildman–Crippen MR) is 57.9 cm³/mol. The molecule has 0 aromatic heterocycles. The number of benzene rings is 1. The topological polar surface area (TPSA) is 60.4 Å². The molecule has 0 aliphatic heterocycles. The van der Waals surface area contributed by atoms with Crippen molar-refractivity contribution in [1.82, 2.24) is 0 Å². The Hall–Kier alpha value is 0.150. The minimum absolute atomic E-state index is 0. The molecule has 0 N–H and O–H groups in total. The molecule has 0 bridgehead atoms. The average molecular weight is 269 g/mol. The van der Waals surface area contributed by atoms with Gasteiger partial charge in [-0.05, 0) is 19.1 Å². The Kier molecular flexibility index (Phi) is 6.24. The van der Waals surface area contributed by atoms with Gasteiger partial charge in [0.15, 0.2) is 5.78 Å². The summed E-state index contributed by atoms with van der Waals surface area (Å²) in [4.78, 5) is 11.2. The van der Waals surface area contributed by atoms with E-state index in [1.165, 1.54) is 25.1 Å². The van der Waals surface area contributed by atoms with Crippen molar-refractivity contribution in [2.45, 2.75) is 16.7 Å². The van der Waals surface area contributed by atoms with Crippen LogP contribution in [-0.4, -0.2) is 21.3 Å². The third-order valence-corrected chi connectivity index (χ3v) is 3.71. The number of hydrogen-bond donors (Lipinski definition) is 1. The Morgan fingerprint density at radius 2 is 1.94 bits per heavy atom. The van der Waals surface area contributed by atoms with E-state index in [1.54, 1.807) is 0 Å². The summed E-state index contributed by atoms with van der Waals surface area (Å²) in [5.74, 6) is -0.212. The van der Waals surface area contributed by atoms with Crippen LogP contribution >= 0.6 is 12.6 Å². The van der Waals surface area contributed by atoms with Gasteiger partial charge in [-0.25, -0.2) is 0 Å². The second-order valence-electron chi connectivity index (χ2n) is 2.86. The summed E-state index contributed by atoms with van der Waals surface area (Å²) in [5, 5.41) is 0. The van der Waals surface area contributed by atoms with Crippen molar-refractivity contribution in [2.24, 2.45) is 0 Å². The maximum atomic E-state index is 11.4. The maximum Gasteiger partial charge on any atom is 1.00 e. The minimum atomic E-state index is -3.81. The zero-order valence-corrected chi connectivity index (χ0v) is 12.9. The molecule has 0 spiro atoms. The van der Waals surface area contributed by atoms with Crippen LogP contribution in [0.2, 0.25) is 0 Å². The van der Waals surface area contributed by atoms with Crippen LogP contribution < -0.4 is 29.6 Å². The first-order chi connectivity index (χ1) is 6.88. The molecule has 0 atom stereocenters. The number of carbonyl (C=O) groups excluding carboxylic acids is 1. The molecule has 4 nitrogen and oxygen atoms in total. The number of ketones is 1. The second-order valence-corrected chi connectivity index (χ2v) is 5.02. The van der Waals surface area contributed by atoms with Gasteiger partial charge in [0.25, 0.3) is 10.1 Å². The smallest absolute Gasteiger partial charge is 0.295 e. The summed E-state index contributed by atoms with van der Waals surface area (Å²) < 4.78 is 27.2. The summed E-state index contributed by atoms with van der Waals surface area (Å²) in [7, 11) is -2.75. The molecule has 1 aromatic carbocycles. The van der Waals surface area contributed by atoms with Gasteiger partial charge in [-0.1, -0.05) is 6.07 Å². The van der Waals surface area contributed by atoms with E-state index in [-0.39, 0.29) is 45.1 Å². The first-order valence-electron chi connectivity index (χ1n) is 4.03. The van der Waals surface area contributed by atoms with Crippen molar-refractivity contribution >= 4 is 28.5 Å². The molecule has 1 aromatic rings. The van der Waals surface area contributed by atoms with E-state index in [4.69, 9.17) is 0 Å². The Bertz CT molecular complexity index is 496. The Labute approximate surface area is 122 Å². The molecular weight excluding hydrogens is 259 g/mol. The van der Waals surface area contributed by atoms with Gasteiger partial charge < -0.3 is 0 Å². The fourth-order valence-corrected chi connectivity index (χ4v) is 2.27. The third-order valence-electron chi connectivity index (χ3n) is 1.86. The predicted octanol–water partition coefficient (Wildman–Crippen LogP) is -1.48. The largest absolute Gasteiger partial charge is 1.00 e. The van der Waals surface area contributed by atoms with Gasteiger partial charge in [0.05, 0.1) is 7.11 Å². The molecule has 0 saturated heterocycles. The quantitative estimate of drug-likeness (QED) is 0.315. The number of carbonyl (C=O) groups is 1. The standard InChI is InChI=1S/C9H10O4S2.Na/c1-6(10)7-3-4-8(14)9(5-7)15(11,12)13-2;/h3-5,14H,1-2H3;/q;+1. The molecule has 16 heavy (non-hydrogen) atoms. The molecule has 0 radical (unpaired) electrons. The van der Waals surface area contributed by atoms with Crippen molar-refractivity contribution in [3.05, 3.63) is 23.8 Å². The molecule has 7 heteroatoms. The van der Waals surface area contributed by atoms with E-state index < -0.39 is 10.1 Å². The van der Waals surface area contributed by atoms with Crippen LogP contribution in [0.25, 0.3) is 0 Å². The van der Waals surface area contributed by atoms with E-state index >= 15 is 0 Å². The second kappa shape index (κ2) is 6.18. The monoisotopic (exact) mass is 269 g/mol. The Morgan fingerprint density at radius 3 is 2.38 bits per heavy atom. The normalized spacial score (nSPS) is 10.7. The molecule has 1 rings (SSSR count). The van der Waals surface area contributed by atoms with E-state index in [9.17, 15) is 13.2 Å². The van der Waals surface area contributed by atoms with Crippen molar-refractivity contribution in [3.63, 3.8) is 0 Å². The fourth-order valence-electron chi connectivity index (χ4n) is 1.02. The molecular formula is C9H10NaO4S2+. The van der Waals surface area contributed by atoms with Crippen molar-refractivity contribution in [2.75, 3.05) is 7.11 Å². The zero-order valence-electron chi connectivity index (χ0n) is 9.22. The number of rotatable bonds is 3. The Balaban J connectivity index is 0.00000225. The fraction of sp³-hybridized carbons (Fsp3) is 0.222. The van der Waals surface area contributed by atoms with Crippen molar-refractivity contribution in [3.8, 4) is 0 Å². The van der Waals surface area contributed by atoms with E-state index in [1.807, 2.05) is 0 Å². The van der Waals surface area contributed by atoms with Crippen LogP contribution in [0.3, 0.4) is 0 Å². The number of hydrogen-bond acceptors (Lipinski definition) is 5. The molecule has 0 aliphatic carbocycles. The first-order valence-corrected chi connectivity index (χ1v) is 5.88. The number of thiol groups is 1. The Morgan fingerprint density at radius 1 is 1.38 bits per heavy atom. The van der Waals surface area contributed by atoms with Gasteiger partial charge in [0, 0.05) is 10.5 Å². The van der Waals surface area contributed by atoms with Gasteiger partial charge in [0.1, 0.15) is 4.90 Å². The summed E-state index contributed by atoms with van der Waals surface area (Å²) in [6.45, 7) is 1.36. The third kappa shape index (κ3) is 3.58. The van der Waals surface area contributed by atoms with Crippen LogP contribution in [0.5, 0.6) is 0 Å². The minimum Gasteiger partial charge on any atom is -0.295 e. The van der Waals surface area contributed by atoms with Crippen molar-refractivity contribution in [1.29, 1.82) is 0 Å². The molecule has 0 heterocycles. The van der Waals surface area contributed by atoms with Gasteiger partial charge in [0.2, 0.25) is 0 Å². The summed E-state index contributed by atoms with van der Waals surface area (Å²) in [6.07, 6.45) is 0. The summed E-state index contributed by atoms with van der Waals surface area (Å²) >= 11 is 3.99. The molecule has 0 aliphatic rings. The van der Waals surface area contributed by atoms with E-state index in [0.29, 0.717) is 5.56 Å². The van der Waals surface area contributed by atoms with Crippen LogP contribution in [-0.2, 0) is 14.3 Å². The molecule has 0 amide bonds. The maximum absolute atomic E-state index is 11.4. The summed E-state index contributed by atoms with van der Waals surface area (Å²) in [6, 6.07) is 4.22. The van der Waals surface area contributed by atoms with Crippen LogP contribution in [0, 0.1) is 0 Å². The molecule has 82 valence electrons. The average Bonchev–Trinajstić information content (AvgIpc) is 2.17. The number of Topliss-reactive ketones (excluding diaryl/α,β-unsaturated/α-hetero) is 1. The van der Waals surface area contributed by atoms with Crippen LogP contribution in [0.4, 0.5) is 0 Å². The van der Waals surface area contributed by atoms with Crippen LogP contribution in [0.1, 0.15) is 17.3 Å². The van der Waals surface area contributed by atoms with Crippen molar-refractivity contribution < 1.29 is 47.0 Å². The summed E-state index contributed by atoms with van der Waals surface area (Å²) in [5.41, 5.74) is 0.309. The van der Waals surface area contributed by atoms with Gasteiger partial charge in [-0.3, -0.25) is 8.98 Å². The van der Waals surface area contributed by atoms with Gasteiger partial charge >= 0.3 is 29.6 Å². The van der Waals surface area contributed by atoms with Crippen LogP contribution in [0.15, 0.2) is 28.0 Å². The molecule has 0 unspecified atom stereocenters. The van der Waals surface area contributed by atoms with E-state index in [2.05, 4.69) is 16.8 Å². The SMILES string of the molecule is COS(=O)(=O)c1cc(C(C)=O)ccc1S.[Na+]. The van der Waals surface area contributed by atoms with Gasteiger partial charge in [-0.15, -0.1) is 12.6 Å². The van der Waals surface area contributed by atoms with Gasteiger partial charge in [-0.2, -0.15) is 8.42 Å². The zero-order chi connectivity index (χ0) is 11.6. The molecule has 0 saturated carbocycles.